The monoisotopic (exact) mass is 384 g/mol. The normalized spacial score (nSPS) is 15.7. The van der Waals surface area contributed by atoms with Crippen molar-refractivity contribution in [2.45, 2.75) is 24.0 Å². The molecule has 2 aromatic rings. The second-order valence-electron chi connectivity index (χ2n) is 5.94. The molecule has 1 saturated heterocycles. The van der Waals surface area contributed by atoms with Gasteiger partial charge in [0.05, 0.1) is 16.2 Å². The van der Waals surface area contributed by atoms with E-state index in [4.69, 9.17) is 10.00 Å². The molecule has 6 heteroatoms. The number of amides is 1. The Balaban J connectivity index is 1.60. The highest BCUT2D eigenvalue weighted by molar-refractivity contribution is 8.16. The number of thioether (sulfide) groups is 2. The van der Waals surface area contributed by atoms with Crippen LogP contribution in [0.25, 0.3) is 0 Å². The Bertz CT molecular complexity index is 796. The van der Waals surface area contributed by atoms with Crippen LogP contribution in [-0.4, -0.2) is 23.5 Å². The van der Waals surface area contributed by atoms with Crippen molar-refractivity contribution in [2.75, 3.05) is 16.8 Å². The van der Waals surface area contributed by atoms with Crippen molar-refractivity contribution in [1.82, 2.24) is 0 Å². The number of rotatable bonds is 5. The number of nitrogens with one attached hydrogen (secondary N) is 1. The molecule has 1 atom stereocenters. The average Bonchev–Trinajstić information content (AvgIpc) is 2.69. The number of ether oxygens (including phenoxy) is 1. The van der Waals surface area contributed by atoms with Crippen LogP contribution in [0.5, 0.6) is 5.75 Å². The fraction of sp³-hybridized carbons (Fsp3) is 0.300. The highest BCUT2D eigenvalue weighted by Gasteiger charge is 2.18. The zero-order chi connectivity index (χ0) is 18.4. The van der Waals surface area contributed by atoms with Gasteiger partial charge >= 0.3 is 0 Å². The summed E-state index contributed by atoms with van der Waals surface area (Å²) >= 11 is 3.92. The van der Waals surface area contributed by atoms with E-state index in [1.54, 1.807) is 31.2 Å². The molecular formula is C20H20N2O2S2. The van der Waals surface area contributed by atoms with E-state index in [2.05, 4.69) is 17.5 Å². The summed E-state index contributed by atoms with van der Waals surface area (Å²) in [6, 6.07) is 16.8. The van der Waals surface area contributed by atoms with Gasteiger partial charge < -0.3 is 10.1 Å². The maximum absolute atomic E-state index is 12.4. The lowest BCUT2D eigenvalue weighted by Crippen LogP contribution is -2.30. The average molecular weight is 385 g/mol. The van der Waals surface area contributed by atoms with Gasteiger partial charge in [0.15, 0.2) is 6.10 Å². The Hall–Kier alpha value is -2.10. The fourth-order valence-corrected chi connectivity index (χ4v) is 5.43. The van der Waals surface area contributed by atoms with Crippen LogP contribution < -0.4 is 10.1 Å². The van der Waals surface area contributed by atoms with Crippen molar-refractivity contribution in [2.24, 2.45) is 0 Å². The van der Waals surface area contributed by atoms with Crippen LogP contribution in [-0.2, 0) is 4.79 Å². The lowest BCUT2D eigenvalue weighted by Gasteiger charge is -2.22. The first-order chi connectivity index (χ1) is 12.7. The molecule has 1 aliphatic heterocycles. The Morgan fingerprint density at radius 2 is 1.96 bits per heavy atom. The van der Waals surface area contributed by atoms with Crippen molar-refractivity contribution < 1.29 is 9.53 Å². The van der Waals surface area contributed by atoms with Crippen LogP contribution in [0.15, 0.2) is 48.5 Å². The van der Waals surface area contributed by atoms with E-state index in [1.807, 2.05) is 41.7 Å². The third-order valence-electron chi connectivity index (χ3n) is 3.92. The van der Waals surface area contributed by atoms with Gasteiger partial charge in [0.25, 0.3) is 5.91 Å². The zero-order valence-corrected chi connectivity index (χ0v) is 16.1. The molecule has 2 aromatic carbocycles. The van der Waals surface area contributed by atoms with Gasteiger partial charge in [0, 0.05) is 5.69 Å². The van der Waals surface area contributed by atoms with Crippen LogP contribution in [0, 0.1) is 11.3 Å². The molecule has 4 nitrogen and oxygen atoms in total. The van der Waals surface area contributed by atoms with Gasteiger partial charge in [-0.25, -0.2) is 0 Å². The van der Waals surface area contributed by atoms with Crippen LogP contribution >= 0.6 is 23.5 Å². The molecule has 1 N–H and O–H groups in total. The summed E-state index contributed by atoms with van der Waals surface area (Å²) in [6.45, 7) is 1.71. The molecule has 134 valence electrons. The number of hydrogen-bond acceptors (Lipinski definition) is 5. The first-order valence-electron chi connectivity index (χ1n) is 8.46. The second kappa shape index (κ2) is 9.02. The first kappa shape index (κ1) is 18.7. The maximum atomic E-state index is 12.4. The summed E-state index contributed by atoms with van der Waals surface area (Å²) < 4.78 is 6.10. The van der Waals surface area contributed by atoms with Gasteiger partial charge in [-0.3, -0.25) is 4.79 Å². The molecule has 0 saturated carbocycles. The third kappa shape index (κ3) is 4.96. The largest absolute Gasteiger partial charge is 0.481 e. The maximum Gasteiger partial charge on any atom is 0.265 e. The van der Waals surface area contributed by atoms with Gasteiger partial charge in [-0.1, -0.05) is 12.1 Å². The molecule has 0 aromatic heterocycles. The minimum Gasteiger partial charge on any atom is -0.481 e. The molecule has 0 radical (unpaired) electrons. The van der Waals surface area contributed by atoms with Crippen LogP contribution in [0.3, 0.4) is 0 Å². The first-order valence-corrected chi connectivity index (χ1v) is 10.6. The van der Waals surface area contributed by atoms with E-state index >= 15 is 0 Å². The number of hydrogen-bond donors (Lipinski definition) is 1. The van der Waals surface area contributed by atoms with E-state index in [-0.39, 0.29) is 5.91 Å². The Morgan fingerprint density at radius 3 is 2.65 bits per heavy atom. The lowest BCUT2D eigenvalue weighted by atomic mass is 10.2. The van der Waals surface area contributed by atoms with E-state index in [9.17, 15) is 4.79 Å². The summed E-state index contributed by atoms with van der Waals surface area (Å²) in [7, 11) is 0. The van der Waals surface area contributed by atoms with Crippen molar-refractivity contribution in [3.05, 3.63) is 59.7 Å². The number of nitrogens with zero attached hydrogens (tertiary/aromatic N) is 1. The number of anilines is 1. The molecule has 1 fully saturated rings. The predicted octanol–water partition coefficient (Wildman–Crippen LogP) is 4.83. The predicted molar refractivity (Wildman–Crippen MR) is 109 cm³/mol. The van der Waals surface area contributed by atoms with Gasteiger partial charge in [-0.2, -0.15) is 5.26 Å². The summed E-state index contributed by atoms with van der Waals surface area (Å²) in [5, 5.41) is 11.8. The third-order valence-corrected chi connectivity index (χ3v) is 6.93. The fourth-order valence-electron chi connectivity index (χ4n) is 2.55. The SMILES string of the molecule is CC(Oc1ccc(C#N)cc1)C(=O)Nc1cccc(C2SCCCS2)c1. The van der Waals surface area contributed by atoms with Crippen molar-refractivity contribution in [3.63, 3.8) is 0 Å². The smallest absolute Gasteiger partial charge is 0.265 e. The van der Waals surface area contributed by atoms with E-state index < -0.39 is 6.10 Å². The molecule has 0 spiro atoms. The summed E-state index contributed by atoms with van der Waals surface area (Å²) in [5.41, 5.74) is 2.58. The number of nitriles is 1. The molecular weight excluding hydrogens is 364 g/mol. The van der Waals surface area contributed by atoms with Crippen molar-refractivity contribution >= 4 is 35.1 Å². The van der Waals surface area contributed by atoms with E-state index in [0.29, 0.717) is 15.9 Å². The molecule has 1 unspecified atom stereocenters. The quantitative estimate of drug-likeness (QED) is 0.800. The molecule has 0 aliphatic carbocycles. The Kier molecular flexibility index (Phi) is 6.48. The van der Waals surface area contributed by atoms with Crippen molar-refractivity contribution in [3.8, 4) is 11.8 Å². The van der Waals surface area contributed by atoms with Crippen LogP contribution in [0.2, 0.25) is 0 Å². The highest BCUT2D eigenvalue weighted by Crippen LogP contribution is 2.44. The van der Waals surface area contributed by atoms with Gasteiger partial charge in [-0.05, 0) is 66.8 Å². The second-order valence-corrected chi connectivity index (χ2v) is 8.66. The van der Waals surface area contributed by atoms with E-state index in [0.717, 1.165) is 5.69 Å². The molecule has 0 bridgehead atoms. The summed E-state index contributed by atoms with van der Waals surface area (Å²) in [5.74, 6) is 2.74. The molecule has 1 heterocycles. The number of benzene rings is 2. The molecule has 1 aliphatic rings. The standard InChI is InChI=1S/C20H20N2O2S2/c1-14(24-18-8-6-15(13-21)7-9-18)19(23)22-17-5-2-4-16(12-17)20-25-10-3-11-26-20/h2,4-9,12,14,20H,3,10-11H2,1H3,(H,22,23). The zero-order valence-electron chi connectivity index (χ0n) is 14.5. The Morgan fingerprint density at radius 1 is 1.23 bits per heavy atom. The van der Waals surface area contributed by atoms with E-state index in [1.165, 1.54) is 23.5 Å². The van der Waals surface area contributed by atoms with Gasteiger partial charge in [0.2, 0.25) is 0 Å². The molecule has 1 amide bonds. The molecule has 26 heavy (non-hydrogen) atoms. The van der Waals surface area contributed by atoms with Crippen LogP contribution in [0.1, 0.15) is 29.1 Å². The topological polar surface area (TPSA) is 62.1 Å². The minimum absolute atomic E-state index is 0.199. The number of carbonyl (C=O) groups excluding carboxylic acids is 1. The van der Waals surface area contributed by atoms with Crippen LogP contribution in [0.4, 0.5) is 5.69 Å². The lowest BCUT2D eigenvalue weighted by molar-refractivity contribution is -0.122. The number of carbonyl (C=O) groups is 1. The minimum atomic E-state index is -0.634. The Labute approximate surface area is 162 Å². The summed E-state index contributed by atoms with van der Waals surface area (Å²) in [4.78, 5) is 12.4. The summed E-state index contributed by atoms with van der Waals surface area (Å²) in [6.07, 6.45) is 0.622. The molecule has 3 rings (SSSR count). The van der Waals surface area contributed by atoms with Gasteiger partial charge in [0.1, 0.15) is 5.75 Å². The van der Waals surface area contributed by atoms with Gasteiger partial charge in [-0.15, -0.1) is 23.5 Å². The highest BCUT2D eigenvalue weighted by atomic mass is 32.2. The van der Waals surface area contributed by atoms with Crippen molar-refractivity contribution in [1.29, 1.82) is 5.26 Å².